The molecular formula is C28H31Cl2N3O5. The molecule has 4 rings (SSSR count). The Bertz CT molecular complexity index is 1200. The van der Waals surface area contributed by atoms with Crippen LogP contribution < -0.4 is 10.6 Å². The van der Waals surface area contributed by atoms with Crippen LogP contribution in [0, 0.1) is 5.41 Å². The molecular weight excluding hydrogens is 529 g/mol. The number of aromatic carboxylic acids is 1. The second-order valence-corrected chi connectivity index (χ2v) is 11.0. The number of likely N-dealkylation sites (tertiary alicyclic amines) is 1. The lowest BCUT2D eigenvalue weighted by molar-refractivity contribution is -0.135. The molecule has 202 valence electrons. The smallest absolute Gasteiger partial charge is 0.337 e. The normalized spacial score (nSPS) is 17.2. The summed E-state index contributed by atoms with van der Waals surface area (Å²) in [7, 11) is 0. The Morgan fingerprint density at radius 1 is 0.947 bits per heavy atom. The summed E-state index contributed by atoms with van der Waals surface area (Å²) < 4.78 is 0. The Morgan fingerprint density at radius 2 is 1.58 bits per heavy atom. The van der Waals surface area contributed by atoms with Gasteiger partial charge in [0.05, 0.1) is 11.3 Å². The third-order valence-corrected chi connectivity index (χ3v) is 8.06. The van der Waals surface area contributed by atoms with Crippen molar-refractivity contribution in [3.05, 3.63) is 63.6 Å². The molecule has 2 aliphatic rings. The standard InChI is InChI=1S/C28H31Cl2N3O5/c29-19-15-18(16-20(30)17-19)25(35)32-23(26(36)33-13-11-28(12-14-33)9-3-4-10-28)7-8-24(34)31-22-6-2-1-5-21(22)27(37)38/h1-2,5-6,15-17,23H,3-4,7-14H2,(H,31,34)(H,32,35)(H,37,38). The van der Waals surface area contributed by atoms with Crippen molar-refractivity contribution in [1.82, 2.24) is 10.2 Å². The van der Waals surface area contributed by atoms with Gasteiger partial charge in [0, 0.05) is 35.1 Å². The molecule has 1 heterocycles. The summed E-state index contributed by atoms with van der Waals surface area (Å²) in [5.74, 6) is -2.38. The van der Waals surface area contributed by atoms with Crippen molar-refractivity contribution in [2.45, 2.75) is 57.4 Å². The van der Waals surface area contributed by atoms with Gasteiger partial charge in [-0.05, 0) is 67.9 Å². The quantitative estimate of drug-likeness (QED) is 0.400. The lowest BCUT2D eigenvalue weighted by Crippen LogP contribution is -2.52. The predicted molar refractivity (Wildman–Crippen MR) is 146 cm³/mol. The van der Waals surface area contributed by atoms with Crippen LogP contribution in [0.15, 0.2) is 42.5 Å². The van der Waals surface area contributed by atoms with Crippen LogP contribution in [0.4, 0.5) is 5.69 Å². The molecule has 2 aromatic rings. The largest absolute Gasteiger partial charge is 0.478 e. The van der Waals surface area contributed by atoms with Crippen LogP contribution in [-0.2, 0) is 9.59 Å². The number of carboxylic acid groups (broad SMARTS) is 1. The van der Waals surface area contributed by atoms with E-state index >= 15 is 0 Å². The molecule has 1 spiro atoms. The van der Waals surface area contributed by atoms with E-state index in [2.05, 4.69) is 10.6 Å². The maximum Gasteiger partial charge on any atom is 0.337 e. The van der Waals surface area contributed by atoms with Crippen LogP contribution in [0.3, 0.4) is 0 Å². The zero-order chi connectivity index (χ0) is 27.3. The molecule has 1 unspecified atom stereocenters. The fourth-order valence-electron chi connectivity index (χ4n) is 5.50. The third kappa shape index (κ3) is 6.85. The van der Waals surface area contributed by atoms with E-state index in [4.69, 9.17) is 23.2 Å². The summed E-state index contributed by atoms with van der Waals surface area (Å²) in [6.07, 6.45) is 6.68. The van der Waals surface area contributed by atoms with Crippen LogP contribution in [0.5, 0.6) is 0 Å². The summed E-state index contributed by atoms with van der Waals surface area (Å²) in [5.41, 5.74) is 0.672. The number of carboxylic acids is 1. The Balaban J connectivity index is 1.45. The van der Waals surface area contributed by atoms with E-state index in [1.807, 2.05) is 0 Å². The van der Waals surface area contributed by atoms with Gasteiger partial charge in [0.25, 0.3) is 5.91 Å². The molecule has 8 nitrogen and oxygen atoms in total. The average Bonchev–Trinajstić information content (AvgIpc) is 3.33. The second-order valence-electron chi connectivity index (χ2n) is 10.2. The van der Waals surface area contributed by atoms with E-state index in [1.54, 1.807) is 17.0 Å². The zero-order valence-corrected chi connectivity index (χ0v) is 22.5. The van der Waals surface area contributed by atoms with E-state index < -0.39 is 23.8 Å². The van der Waals surface area contributed by atoms with Crippen LogP contribution >= 0.6 is 23.2 Å². The average molecular weight is 560 g/mol. The van der Waals surface area contributed by atoms with Crippen molar-refractivity contribution >= 4 is 52.6 Å². The van der Waals surface area contributed by atoms with E-state index in [0.717, 1.165) is 12.8 Å². The Morgan fingerprint density at radius 3 is 2.21 bits per heavy atom. The highest BCUT2D eigenvalue weighted by Gasteiger charge is 2.39. The summed E-state index contributed by atoms with van der Waals surface area (Å²) in [5, 5.41) is 15.3. The van der Waals surface area contributed by atoms with Gasteiger partial charge in [-0.2, -0.15) is 0 Å². The number of amides is 3. The molecule has 2 fully saturated rings. The number of hydrogen-bond donors (Lipinski definition) is 3. The predicted octanol–water partition coefficient (Wildman–Crippen LogP) is 5.39. The first-order valence-electron chi connectivity index (χ1n) is 12.8. The molecule has 3 N–H and O–H groups in total. The number of piperidine rings is 1. The van der Waals surface area contributed by atoms with Crippen LogP contribution in [-0.4, -0.2) is 52.8 Å². The van der Waals surface area contributed by atoms with Crippen molar-refractivity contribution in [2.75, 3.05) is 18.4 Å². The van der Waals surface area contributed by atoms with E-state index in [9.17, 15) is 24.3 Å². The highest BCUT2D eigenvalue weighted by atomic mass is 35.5. The lowest BCUT2D eigenvalue weighted by Gasteiger charge is -2.40. The third-order valence-electron chi connectivity index (χ3n) is 7.62. The number of carbonyl (C=O) groups is 4. The first-order valence-corrected chi connectivity index (χ1v) is 13.6. The topological polar surface area (TPSA) is 116 Å². The number of para-hydroxylation sites is 1. The lowest BCUT2D eigenvalue weighted by atomic mass is 9.77. The van der Waals surface area contributed by atoms with Crippen LogP contribution in [0.2, 0.25) is 10.0 Å². The van der Waals surface area contributed by atoms with Gasteiger partial charge >= 0.3 is 5.97 Å². The van der Waals surface area contributed by atoms with E-state index in [-0.39, 0.29) is 35.6 Å². The Hall–Kier alpha value is -3.10. The summed E-state index contributed by atoms with van der Waals surface area (Å²) >= 11 is 12.1. The zero-order valence-electron chi connectivity index (χ0n) is 21.0. The van der Waals surface area contributed by atoms with Gasteiger partial charge in [0.1, 0.15) is 6.04 Å². The van der Waals surface area contributed by atoms with Crippen molar-refractivity contribution < 1.29 is 24.3 Å². The number of nitrogens with one attached hydrogen (secondary N) is 2. The number of carbonyl (C=O) groups excluding carboxylic acids is 3. The number of halogens is 2. The summed E-state index contributed by atoms with van der Waals surface area (Å²) in [4.78, 5) is 52.6. The van der Waals surface area contributed by atoms with E-state index in [1.165, 1.54) is 56.0 Å². The van der Waals surface area contributed by atoms with Crippen LogP contribution in [0.1, 0.15) is 72.1 Å². The molecule has 2 aromatic carbocycles. The highest BCUT2D eigenvalue weighted by Crippen LogP contribution is 2.46. The van der Waals surface area contributed by atoms with Gasteiger partial charge in [-0.3, -0.25) is 14.4 Å². The number of nitrogens with zero attached hydrogens (tertiary/aromatic N) is 1. The minimum Gasteiger partial charge on any atom is -0.478 e. The van der Waals surface area contributed by atoms with Crippen molar-refractivity contribution in [2.24, 2.45) is 5.41 Å². The van der Waals surface area contributed by atoms with Gasteiger partial charge in [-0.1, -0.05) is 48.2 Å². The number of hydrogen-bond acceptors (Lipinski definition) is 4. The first-order chi connectivity index (χ1) is 18.2. The molecule has 0 radical (unpaired) electrons. The molecule has 1 saturated heterocycles. The molecule has 0 aromatic heterocycles. The van der Waals surface area contributed by atoms with Gasteiger partial charge in [0.2, 0.25) is 11.8 Å². The molecule has 1 atom stereocenters. The minimum absolute atomic E-state index is 0.0335. The number of anilines is 1. The maximum atomic E-state index is 13.6. The molecule has 10 heteroatoms. The fourth-order valence-corrected chi connectivity index (χ4v) is 6.02. The number of benzene rings is 2. The first kappa shape index (κ1) is 27.9. The number of rotatable bonds is 8. The SMILES string of the molecule is O=C(CCC(NC(=O)c1cc(Cl)cc(Cl)c1)C(=O)N1CCC2(CCCC2)CC1)Nc1ccccc1C(=O)O. The van der Waals surface area contributed by atoms with Gasteiger partial charge in [0.15, 0.2) is 0 Å². The Kier molecular flexibility index (Phi) is 8.95. The Labute approximate surface area is 231 Å². The maximum absolute atomic E-state index is 13.6. The van der Waals surface area contributed by atoms with Gasteiger partial charge in [-0.25, -0.2) is 4.79 Å². The van der Waals surface area contributed by atoms with Gasteiger partial charge in [-0.15, -0.1) is 0 Å². The monoisotopic (exact) mass is 559 g/mol. The second kappa shape index (κ2) is 12.2. The van der Waals surface area contributed by atoms with Crippen molar-refractivity contribution in [3.63, 3.8) is 0 Å². The molecule has 1 aliphatic carbocycles. The summed E-state index contributed by atoms with van der Waals surface area (Å²) in [6.45, 7) is 1.23. The van der Waals surface area contributed by atoms with Crippen LogP contribution in [0.25, 0.3) is 0 Å². The van der Waals surface area contributed by atoms with Crippen molar-refractivity contribution in [3.8, 4) is 0 Å². The highest BCUT2D eigenvalue weighted by molar-refractivity contribution is 6.35. The molecule has 38 heavy (non-hydrogen) atoms. The summed E-state index contributed by atoms with van der Waals surface area (Å²) in [6, 6.07) is 9.58. The molecule has 0 bridgehead atoms. The van der Waals surface area contributed by atoms with Gasteiger partial charge < -0.3 is 20.6 Å². The molecule has 3 amide bonds. The molecule has 1 aliphatic heterocycles. The fraction of sp³-hybridized carbons (Fsp3) is 0.429. The minimum atomic E-state index is -1.16. The van der Waals surface area contributed by atoms with E-state index in [0.29, 0.717) is 28.5 Å². The van der Waals surface area contributed by atoms with Crippen molar-refractivity contribution in [1.29, 1.82) is 0 Å². The molecule has 1 saturated carbocycles.